The third-order valence-corrected chi connectivity index (χ3v) is 3.42. The number of hydrogen-bond donors (Lipinski definition) is 1. The molecule has 0 aliphatic heterocycles. The van der Waals surface area contributed by atoms with Crippen molar-refractivity contribution in [2.45, 2.75) is 26.6 Å². The van der Waals surface area contributed by atoms with Crippen molar-refractivity contribution >= 4 is 23.2 Å². The number of rotatable bonds is 7. The van der Waals surface area contributed by atoms with Crippen LogP contribution in [0.25, 0.3) is 0 Å². The molecule has 140 valence electrons. The van der Waals surface area contributed by atoms with Gasteiger partial charge in [0.15, 0.2) is 11.5 Å². The number of anilines is 1. The minimum atomic E-state index is -3.02. The summed E-state index contributed by atoms with van der Waals surface area (Å²) in [5, 5.41) is 2.97. The Bertz CT molecular complexity index is 784. The summed E-state index contributed by atoms with van der Waals surface area (Å²) < 4.78 is 40.0. The number of halogens is 3. The lowest BCUT2D eigenvalue weighted by atomic mass is 10.1. The summed E-state index contributed by atoms with van der Waals surface area (Å²) in [5.41, 5.74) is 0.472. The molecule has 1 amide bonds. The SMILES string of the molecule is COc1ccc(NC(=O)c2cc(Cl)ccc2OC(C)C)cc1OC(F)F. The van der Waals surface area contributed by atoms with E-state index in [9.17, 15) is 13.6 Å². The molecule has 0 aromatic heterocycles. The maximum absolute atomic E-state index is 12.6. The minimum absolute atomic E-state index is 0.120. The predicted molar refractivity (Wildman–Crippen MR) is 94.8 cm³/mol. The maximum Gasteiger partial charge on any atom is 0.387 e. The summed E-state index contributed by atoms with van der Waals surface area (Å²) in [5.74, 6) is -0.212. The number of ether oxygens (including phenoxy) is 3. The topological polar surface area (TPSA) is 56.8 Å². The molecule has 0 saturated carbocycles. The Morgan fingerprint density at radius 2 is 1.73 bits per heavy atom. The van der Waals surface area contributed by atoms with E-state index >= 15 is 0 Å². The first-order valence-corrected chi connectivity index (χ1v) is 8.08. The second-order valence-electron chi connectivity index (χ2n) is 5.51. The summed E-state index contributed by atoms with van der Waals surface area (Å²) in [6.45, 7) is 0.635. The van der Waals surface area contributed by atoms with E-state index in [-0.39, 0.29) is 28.9 Å². The molecular formula is C18H18ClF2NO4. The van der Waals surface area contributed by atoms with Crippen LogP contribution in [0.5, 0.6) is 17.2 Å². The third kappa shape index (κ3) is 5.23. The van der Waals surface area contributed by atoms with Gasteiger partial charge in [-0.2, -0.15) is 8.78 Å². The van der Waals surface area contributed by atoms with Crippen molar-refractivity contribution in [3.63, 3.8) is 0 Å². The second kappa shape index (κ2) is 8.71. The zero-order chi connectivity index (χ0) is 19.3. The fourth-order valence-corrected chi connectivity index (χ4v) is 2.35. The Kier molecular flexibility index (Phi) is 6.63. The molecule has 0 atom stereocenters. The van der Waals surface area contributed by atoms with E-state index in [1.807, 2.05) is 13.8 Å². The van der Waals surface area contributed by atoms with Crippen molar-refractivity contribution < 1.29 is 27.8 Å². The maximum atomic E-state index is 12.6. The van der Waals surface area contributed by atoms with Gasteiger partial charge in [-0.3, -0.25) is 4.79 Å². The average Bonchev–Trinajstić information content (AvgIpc) is 2.55. The largest absolute Gasteiger partial charge is 0.493 e. The molecule has 2 aromatic carbocycles. The molecule has 0 bridgehead atoms. The molecule has 1 N–H and O–H groups in total. The fraction of sp³-hybridized carbons (Fsp3) is 0.278. The van der Waals surface area contributed by atoms with Gasteiger partial charge in [0, 0.05) is 16.8 Å². The first kappa shape index (κ1) is 19.8. The van der Waals surface area contributed by atoms with Crippen LogP contribution in [0.4, 0.5) is 14.5 Å². The highest BCUT2D eigenvalue weighted by Crippen LogP contribution is 2.32. The van der Waals surface area contributed by atoms with Crippen LogP contribution in [0.3, 0.4) is 0 Å². The van der Waals surface area contributed by atoms with Crippen LogP contribution in [0.2, 0.25) is 5.02 Å². The van der Waals surface area contributed by atoms with Crippen molar-refractivity contribution in [1.82, 2.24) is 0 Å². The molecule has 5 nitrogen and oxygen atoms in total. The summed E-state index contributed by atoms with van der Waals surface area (Å²) >= 11 is 5.97. The molecular weight excluding hydrogens is 368 g/mol. The lowest BCUT2D eigenvalue weighted by molar-refractivity contribution is -0.0511. The highest BCUT2D eigenvalue weighted by molar-refractivity contribution is 6.31. The fourth-order valence-electron chi connectivity index (χ4n) is 2.18. The highest BCUT2D eigenvalue weighted by Gasteiger charge is 2.17. The van der Waals surface area contributed by atoms with E-state index in [1.54, 1.807) is 12.1 Å². The second-order valence-corrected chi connectivity index (χ2v) is 5.94. The molecule has 26 heavy (non-hydrogen) atoms. The molecule has 2 aromatic rings. The molecule has 0 spiro atoms. The van der Waals surface area contributed by atoms with Crippen molar-refractivity contribution in [3.05, 3.63) is 47.0 Å². The van der Waals surface area contributed by atoms with Crippen molar-refractivity contribution in [2.75, 3.05) is 12.4 Å². The number of carbonyl (C=O) groups excluding carboxylic acids is 1. The van der Waals surface area contributed by atoms with Crippen LogP contribution in [0.1, 0.15) is 24.2 Å². The van der Waals surface area contributed by atoms with Crippen molar-refractivity contribution in [2.24, 2.45) is 0 Å². The molecule has 0 fully saturated rings. The van der Waals surface area contributed by atoms with Gasteiger partial charge in [0.05, 0.1) is 18.8 Å². The van der Waals surface area contributed by atoms with Gasteiger partial charge in [0.2, 0.25) is 0 Å². The summed E-state index contributed by atoms with van der Waals surface area (Å²) in [4.78, 5) is 12.6. The lowest BCUT2D eigenvalue weighted by Gasteiger charge is -2.15. The van der Waals surface area contributed by atoms with Gasteiger partial charge in [0.25, 0.3) is 5.91 Å². The summed E-state index contributed by atoms with van der Waals surface area (Å²) in [7, 11) is 1.33. The summed E-state index contributed by atoms with van der Waals surface area (Å²) in [6.07, 6.45) is -0.144. The van der Waals surface area contributed by atoms with E-state index in [2.05, 4.69) is 10.1 Å². The van der Waals surface area contributed by atoms with Gasteiger partial charge in [0.1, 0.15) is 5.75 Å². The van der Waals surface area contributed by atoms with Crippen LogP contribution in [0.15, 0.2) is 36.4 Å². The van der Waals surface area contributed by atoms with Crippen LogP contribution in [0, 0.1) is 0 Å². The van der Waals surface area contributed by atoms with Gasteiger partial charge in [-0.05, 0) is 44.2 Å². The molecule has 0 saturated heterocycles. The predicted octanol–water partition coefficient (Wildman–Crippen LogP) is 4.99. The standard InChI is InChI=1S/C18H18ClF2NO4/c1-10(2)25-14-6-4-11(19)8-13(14)17(23)22-12-5-7-15(24-3)16(9-12)26-18(20)21/h4-10,18H,1-3H3,(H,22,23). The van der Waals surface area contributed by atoms with E-state index < -0.39 is 12.5 Å². The van der Waals surface area contributed by atoms with E-state index in [0.29, 0.717) is 10.8 Å². The molecule has 0 aliphatic rings. The normalized spacial score (nSPS) is 10.8. The number of carbonyl (C=O) groups is 1. The van der Waals surface area contributed by atoms with Gasteiger partial charge < -0.3 is 19.5 Å². The lowest BCUT2D eigenvalue weighted by Crippen LogP contribution is -2.16. The number of benzene rings is 2. The number of hydrogen-bond acceptors (Lipinski definition) is 4. The Morgan fingerprint density at radius 1 is 1.04 bits per heavy atom. The first-order valence-electron chi connectivity index (χ1n) is 7.70. The Balaban J connectivity index is 2.28. The Hall–Kier alpha value is -2.54. The van der Waals surface area contributed by atoms with Gasteiger partial charge in [-0.15, -0.1) is 0 Å². The molecule has 0 radical (unpaired) electrons. The van der Waals surface area contributed by atoms with Crippen molar-refractivity contribution in [1.29, 1.82) is 0 Å². The van der Waals surface area contributed by atoms with E-state index in [0.717, 1.165) is 0 Å². The number of amides is 1. The van der Waals surface area contributed by atoms with Gasteiger partial charge in [-0.25, -0.2) is 0 Å². The Morgan fingerprint density at radius 3 is 2.35 bits per heavy atom. The van der Waals surface area contributed by atoms with Crippen LogP contribution in [-0.2, 0) is 0 Å². The van der Waals surface area contributed by atoms with Crippen molar-refractivity contribution in [3.8, 4) is 17.2 Å². The quantitative estimate of drug-likeness (QED) is 0.729. The number of nitrogens with one attached hydrogen (secondary N) is 1. The minimum Gasteiger partial charge on any atom is -0.493 e. The van der Waals surface area contributed by atoms with Crippen LogP contribution >= 0.6 is 11.6 Å². The third-order valence-electron chi connectivity index (χ3n) is 3.19. The zero-order valence-electron chi connectivity index (χ0n) is 14.4. The molecule has 2 rings (SSSR count). The molecule has 0 aliphatic carbocycles. The number of alkyl halides is 2. The molecule has 8 heteroatoms. The van der Waals surface area contributed by atoms with E-state index in [4.69, 9.17) is 21.1 Å². The van der Waals surface area contributed by atoms with E-state index in [1.165, 1.54) is 31.4 Å². The number of methoxy groups -OCH3 is 1. The summed E-state index contributed by atoms with van der Waals surface area (Å²) in [6, 6.07) is 8.83. The van der Waals surface area contributed by atoms with Crippen LogP contribution < -0.4 is 19.5 Å². The molecule has 0 heterocycles. The van der Waals surface area contributed by atoms with Gasteiger partial charge in [-0.1, -0.05) is 11.6 Å². The first-order chi connectivity index (χ1) is 12.3. The average molecular weight is 386 g/mol. The van der Waals surface area contributed by atoms with Gasteiger partial charge >= 0.3 is 6.61 Å². The Labute approximate surface area is 154 Å². The monoisotopic (exact) mass is 385 g/mol. The van der Waals surface area contributed by atoms with Crippen LogP contribution in [-0.4, -0.2) is 25.7 Å². The zero-order valence-corrected chi connectivity index (χ0v) is 15.1. The smallest absolute Gasteiger partial charge is 0.387 e. The molecule has 0 unspecified atom stereocenters. The highest BCUT2D eigenvalue weighted by atomic mass is 35.5.